The van der Waals surface area contributed by atoms with Gasteiger partial charge in [-0.2, -0.15) is 0 Å². The molecule has 0 aliphatic heterocycles. The van der Waals surface area contributed by atoms with Crippen molar-refractivity contribution in [2.24, 2.45) is 5.73 Å². The number of halogens is 1. The first-order chi connectivity index (χ1) is 7.52. The van der Waals surface area contributed by atoms with Crippen LogP contribution >= 0.6 is 15.9 Å². The van der Waals surface area contributed by atoms with Crippen molar-refractivity contribution in [3.05, 3.63) is 21.7 Å². The third-order valence-electron chi connectivity index (χ3n) is 2.76. The van der Waals surface area contributed by atoms with Crippen molar-refractivity contribution < 1.29 is 9.84 Å². The zero-order valence-electron chi connectivity index (χ0n) is 9.88. The minimum absolute atomic E-state index is 0.159. The van der Waals surface area contributed by atoms with E-state index < -0.39 is 0 Å². The predicted octanol–water partition coefficient (Wildman–Crippen LogP) is 2.92. The van der Waals surface area contributed by atoms with E-state index in [-0.39, 0.29) is 5.75 Å². The third kappa shape index (κ3) is 2.50. The van der Waals surface area contributed by atoms with Crippen LogP contribution in [0.2, 0.25) is 0 Å². The van der Waals surface area contributed by atoms with E-state index in [0.29, 0.717) is 22.7 Å². The summed E-state index contributed by atoms with van der Waals surface area (Å²) in [5, 5.41) is 9.92. The number of hydrogen-bond acceptors (Lipinski definition) is 3. The largest absolute Gasteiger partial charge is 0.503 e. The van der Waals surface area contributed by atoms with Crippen LogP contribution in [0.5, 0.6) is 11.5 Å². The number of phenolic OH excluding ortho intramolecular Hbond substituents is 1. The van der Waals surface area contributed by atoms with Crippen LogP contribution in [0.4, 0.5) is 0 Å². The average molecular weight is 288 g/mol. The Morgan fingerprint density at radius 1 is 1.56 bits per heavy atom. The van der Waals surface area contributed by atoms with Crippen LogP contribution in [0, 0.1) is 6.92 Å². The minimum Gasteiger partial charge on any atom is -0.503 e. The maximum atomic E-state index is 9.92. The first-order valence-electron chi connectivity index (χ1n) is 5.28. The van der Waals surface area contributed by atoms with Crippen molar-refractivity contribution in [1.82, 2.24) is 0 Å². The van der Waals surface area contributed by atoms with Gasteiger partial charge in [0.25, 0.3) is 0 Å². The topological polar surface area (TPSA) is 55.5 Å². The summed E-state index contributed by atoms with van der Waals surface area (Å²) < 4.78 is 5.81. The van der Waals surface area contributed by atoms with Crippen LogP contribution in [0.25, 0.3) is 0 Å². The Balaban J connectivity index is 3.24. The molecule has 1 atom stereocenters. The van der Waals surface area contributed by atoms with Crippen molar-refractivity contribution in [3.8, 4) is 11.5 Å². The number of ether oxygens (including phenoxy) is 1. The smallest absolute Gasteiger partial charge is 0.172 e. The maximum absolute atomic E-state index is 9.92. The summed E-state index contributed by atoms with van der Waals surface area (Å²) in [6.07, 6.45) is 0.894. The van der Waals surface area contributed by atoms with E-state index in [2.05, 4.69) is 22.9 Å². The molecule has 1 unspecified atom stereocenters. The SMILES string of the molecule is COc1cc(C)c(C(C)CCN)c(Br)c1O. The molecule has 1 aromatic rings. The van der Waals surface area contributed by atoms with Crippen molar-refractivity contribution in [3.63, 3.8) is 0 Å². The molecule has 3 N–H and O–H groups in total. The number of aryl methyl sites for hydroxylation is 1. The Kier molecular flexibility index (Phi) is 4.62. The lowest BCUT2D eigenvalue weighted by atomic mass is 9.93. The average Bonchev–Trinajstić information content (AvgIpc) is 2.24. The van der Waals surface area contributed by atoms with Crippen molar-refractivity contribution in [2.45, 2.75) is 26.2 Å². The molecule has 1 aromatic carbocycles. The zero-order chi connectivity index (χ0) is 12.3. The summed E-state index contributed by atoms with van der Waals surface area (Å²) in [4.78, 5) is 0. The molecule has 0 aromatic heterocycles. The number of rotatable bonds is 4. The fraction of sp³-hybridized carbons (Fsp3) is 0.500. The van der Waals surface area contributed by atoms with Crippen LogP contribution in [0.15, 0.2) is 10.5 Å². The summed E-state index contributed by atoms with van der Waals surface area (Å²) in [5.74, 6) is 0.969. The summed E-state index contributed by atoms with van der Waals surface area (Å²) in [6.45, 7) is 4.75. The van der Waals surface area contributed by atoms with Gasteiger partial charge in [-0.25, -0.2) is 0 Å². The highest BCUT2D eigenvalue weighted by Gasteiger charge is 2.18. The fourth-order valence-corrected chi connectivity index (χ4v) is 2.81. The van der Waals surface area contributed by atoms with Gasteiger partial charge in [0.1, 0.15) is 0 Å². The molecule has 90 valence electrons. The minimum atomic E-state index is 0.159. The van der Waals surface area contributed by atoms with Gasteiger partial charge in [0, 0.05) is 0 Å². The van der Waals surface area contributed by atoms with Crippen LogP contribution in [-0.2, 0) is 0 Å². The molecule has 0 bridgehead atoms. The van der Waals surface area contributed by atoms with Gasteiger partial charge >= 0.3 is 0 Å². The lowest BCUT2D eigenvalue weighted by Crippen LogP contribution is -2.07. The van der Waals surface area contributed by atoms with E-state index in [9.17, 15) is 5.11 Å². The van der Waals surface area contributed by atoms with Crippen molar-refractivity contribution in [2.75, 3.05) is 13.7 Å². The molecule has 0 heterocycles. The van der Waals surface area contributed by atoms with Gasteiger partial charge in [-0.3, -0.25) is 0 Å². The molecular formula is C12H18BrNO2. The number of aromatic hydroxyl groups is 1. The van der Waals surface area contributed by atoms with Gasteiger partial charge in [-0.05, 0) is 58.9 Å². The molecule has 0 saturated carbocycles. The Morgan fingerprint density at radius 2 is 2.19 bits per heavy atom. The second-order valence-electron chi connectivity index (χ2n) is 3.95. The monoisotopic (exact) mass is 287 g/mol. The van der Waals surface area contributed by atoms with Crippen molar-refractivity contribution >= 4 is 15.9 Å². The lowest BCUT2D eigenvalue weighted by Gasteiger charge is -2.18. The van der Waals surface area contributed by atoms with Gasteiger partial charge < -0.3 is 15.6 Å². The Labute approximate surface area is 105 Å². The molecule has 4 heteroatoms. The molecular weight excluding hydrogens is 270 g/mol. The first kappa shape index (κ1) is 13.3. The molecule has 0 spiro atoms. The van der Waals surface area contributed by atoms with Crippen LogP contribution in [0.3, 0.4) is 0 Å². The molecule has 0 fully saturated rings. The number of benzene rings is 1. The van der Waals surface area contributed by atoms with Gasteiger partial charge in [-0.15, -0.1) is 0 Å². The molecule has 3 nitrogen and oxygen atoms in total. The molecule has 0 saturated heterocycles. The molecule has 16 heavy (non-hydrogen) atoms. The highest BCUT2D eigenvalue weighted by Crippen LogP contribution is 2.42. The predicted molar refractivity (Wildman–Crippen MR) is 69.2 cm³/mol. The quantitative estimate of drug-likeness (QED) is 0.895. The summed E-state index contributed by atoms with van der Waals surface area (Å²) in [7, 11) is 1.55. The molecule has 0 amide bonds. The molecule has 0 radical (unpaired) electrons. The van der Waals surface area contributed by atoms with E-state index in [1.54, 1.807) is 7.11 Å². The molecule has 1 rings (SSSR count). The molecule has 0 aliphatic rings. The lowest BCUT2D eigenvalue weighted by molar-refractivity contribution is 0.370. The number of methoxy groups -OCH3 is 1. The van der Waals surface area contributed by atoms with Crippen LogP contribution < -0.4 is 10.5 Å². The summed E-state index contributed by atoms with van der Waals surface area (Å²) in [5.41, 5.74) is 7.76. The van der Waals surface area contributed by atoms with Gasteiger partial charge in [0.05, 0.1) is 11.6 Å². The molecule has 0 aliphatic carbocycles. The van der Waals surface area contributed by atoms with Gasteiger partial charge in [0.2, 0.25) is 0 Å². The van der Waals surface area contributed by atoms with Gasteiger partial charge in [-0.1, -0.05) is 6.92 Å². The Bertz CT molecular complexity index is 380. The van der Waals surface area contributed by atoms with E-state index in [1.165, 1.54) is 0 Å². The van der Waals surface area contributed by atoms with Crippen molar-refractivity contribution in [1.29, 1.82) is 0 Å². The normalized spacial score (nSPS) is 12.6. The highest BCUT2D eigenvalue weighted by atomic mass is 79.9. The Morgan fingerprint density at radius 3 is 2.69 bits per heavy atom. The summed E-state index contributed by atoms with van der Waals surface area (Å²) in [6, 6.07) is 1.85. The second-order valence-corrected chi connectivity index (χ2v) is 4.74. The first-order valence-corrected chi connectivity index (χ1v) is 6.08. The zero-order valence-corrected chi connectivity index (χ0v) is 11.5. The van der Waals surface area contributed by atoms with Gasteiger partial charge in [0.15, 0.2) is 11.5 Å². The highest BCUT2D eigenvalue weighted by molar-refractivity contribution is 9.10. The van der Waals surface area contributed by atoms with Crippen LogP contribution in [0.1, 0.15) is 30.4 Å². The number of nitrogens with two attached hydrogens (primary N) is 1. The fourth-order valence-electron chi connectivity index (χ4n) is 1.91. The number of phenols is 1. The van der Waals surface area contributed by atoms with E-state index in [4.69, 9.17) is 10.5 Å². The summed E-state index contributed by atoms with van der Waals surface area (Å²) >= 11 is 3.42. The third-order valence-corrected chi connectivity index (χ3v) is 3.57. The van der Waals surface area contributed by atoms with E-state index in [1.807, 2.05) is 13.0 Å². The van der Waals surface area contributed by atoms with E-state index >= 15 is 0 Å². The van der Waals surface area contributed by atoms with E-state index in [0.717, 1.165) is 17.5 Å². The number of hydrogen-bond donors (Lipinski definition) is 2. The second kappa shape index (κ2) is 5.55. The van der Waals surface area contributed by atoms with Crippen LogP contribution in [-0.4, -0.2) is 18.8 Å². The standard InChI is InChI=1S/C12H18BrNO2/c1-7(4-5-14)10-8(2)6-9(16-3)12(15)11(10)13/h6-7,15H,4-5,14H2,1-3H3. The Hall–Kier alpha value is -0.740. The maximum Gasteiger partial charge on any atom is 0.172 e.